The monoisotopic (exact) mass is 211 g/mol. The molecule has 0 amide bonds. The molecule has 1 aliphatic heterocycles. The Hall–Kier alpha value is -1.29. The number of hydrogen-bond donors (Lipinski definition) is 1. The maximum absolute atomic E-state index is 11.5. The molecule has 0 aromatic heterocycles. The van der Waals surface area contributed by atoms with Crippen LogP contribution in [0.3, 0.4) is 0 Å². The molecule has 0 aliphatic carbocycles. The molecule has 0 radical (unpaired) electrons. The predicted octanol–water partition coefficient (Wildman–Crippen LogP) is 1.38. The molecule has 1 rings (SSSR count). The van der Waals surface area contributed by atoms with Gasteiger partial charge in [0.1, 0.15) is 0 Å². The van der Waals surface area contributed by atoms with Gasteiger partial charge in [-0.2, -0.15) is 0 Å². The highest BCUT2D eigenvalue weighted by molar-refractivity contribution is 5.88. The van der Waals surface area contributed by atoms with E-state index in [1.807, 2.05) is 31.0 Å². The first-order chi connectivity index (χ1) is 7.00. The van der Waals surface area contributed by atoms with Crippen LogP contribution in [0.2, 0.25) is 0 Å². The topological polar surface area (TPSA) is 49.8 Å². The molecule has 1 N–H and O–H groups in total. The number of allylic oxidation sites excluding steroid dienone is 1. The lowest BCUT2D eigenvalue weighted by Gasteiger charge is -2.24. The maximum Gasteiger partial charge on any atom is 0.338 e. The molecule has 4 heteroatoms. The smallest absolute Gasteiger partial charge is 0.338 e. The predicted molar refractivity (Wildman–Crippen MR) is 56.6 cm³/mol. The van der Waals surface area contributed by atoms with Gasteiger partial charge in [0.05, 0.1) is 5.57 Å². The number of esters is 1. The second-order valence-corrected chi connectivity index (χ2v) is 3.79. The molecule has 1 atom stereocenters. The standard InChI is InChI=1S/C11H17NO3/c1-8(2)12-6-4-5-10(7-12)11(14)15-9(3)13/h4,6-9,13H,5H2,1-3H3. The summed E-state index contributed by atoms with van der Waals surface area (Å²) in [6.45, 7) is 5.48. The van der Waals surface area contributed by atoms with Gasteiger partial charge >= 0.3 is 5.97 Å². The van der Waals surface area contributed by atoms with Crippen molar-refractivity contribution in [3.8, 4) is 0 Å². The first-order valence-electron chi connectivity index (χ1n) is 5.04. The molecule has 0 saturated heterocycles. The summed E-state index contributed by atoms with van der Waals surface area (Å²) in [5, 5.41) is 8.93. The zero-order chi connectivity index (χ0) is 11.4. The van der Waals surface area contributed by atoms with Gasteiger partial charge in [0.25, 0.3) is 0 Å². The normalized spacial score (nSPS) is 17.7. The van der Waals surface area contributed by atoms with E-state index in [1.54, 1.807) is 6.20 Å². The molecule has 84 valence electrons. The van der Waals surface area contributed by atoms with Crippen molar-refractivity contribution in [1.82, 2.24) is 4.90 Å². The highest BCUT2D eigenvalue weighted by Gasteiger charge is 2.16. The summed E-state index contributed by atoms with van der Waals surface area (Å²) in [5.74, 6) is -0.458. The van der Waals surface area contributed by atoms with Gasteiger partial charge in [-0.15, -0.1) is 0 Å². The molecule has 0 fully saturated rings. The Morgan fingerprint density at radius 2 is 2.20 bits per heavy atom. The van der Waals surface area contributed by atoms with Crippen LogP contribution in [0.1, 0.15) is 27.2 Å². The van der Waals surface area contributed by atoms with Crippen molar-refractivity contribution in [2.75, 3.05) is 0 Å². The molecular weight excluding hydrogens is 194 g/mol. The minimum absolute atomic E-state index is 0.302. The average molecular weight is 211 g/mol. The maximum atomic E-state index is 11.5. The van der Waals surface area contributed by atoms with E-state index in [9.17, 15) is 4.79 Å². The van der Waals surface area contributed by atoms with Crippen molar-refractivity contribution in [3.05, 3.63) is 24.0 Å². The molecule has 0 aromatic rings. The summed E-state index contributed by atoms with van der Waals surface area (Å²) >= 11 is 0. The van der Waals surface area contributed by atoms with E-state index in [2.05, 4.69) is 0 Å². The number of aliphatic hydroxyl groups is 1. The number of ether oxygens (including phenoxy) is 1. The van der Waals surface area contributed by atoms with Crippen molar-refractivity contribution in [1.29, 1.82) is 0 Å². The zero-order valence-electron chi connectivity index (χ0n) is 9.30. The van der Waals surface area contributed by atoms with Crippen LogP contribution in [0.5, 0.6) is 0 Å². The first-order valence-corrected chi connectivity index (χ1v) is 5.04. The molecule has 0 aromatic carbocycles. The van der Waals surface area contributed by atoms with Crippen LogP contribution in [0, 0.1) is 0 Å². The number of hydrogen-bond acceptors (Lipinski definition) is 4. The summed E-state index contributed by atoms with van der Waals surface area (Å²) in [6.07, 6.45) is 5.09. The molecular formula is C11H17NO3. The molecule has 1 aliphatic rings. The Kier molecular flexibility index (Phi) is 3.91. The van der Waals surface area contributed by atoms with E-state index in [1.165, 1.54) is 6.92 Å². The number of nitrogens with zero attached hydrogens (tertiary/aromatic N) is 1. The lowest BCUT2D eigenvalue weighted by Crippen LogP contribution is -2.24. The van der Waals surface area contributed by atoms with Gasteiger partial charge in [-0.1, -0.05) is 6.08 Å². The molecule has 1 unspecified atom stereocenters. The molecule has 4 nitrogen and oxygen atoms in total. The van der Waals surface area contributed by atoms with E-state index in [4.69, 9.17) is 9.84 Å². The number of carbonyl (C=O) groups is 1. The summed E-state index contributed by atoms with van der Waals surface area (Å²) in [7, 11) is 0. The Bertz CT molecular complexity index is 292. The quantitative estimate of drug-likeness (QED) is 0.566. The van der Waals surface area contributed by atoms with E-state index < -0.39 is 12.3 Å². The van der Waals surface area contributed by atoms with Crippen LogP contribution < -0.4 is 0 Å². The number of aliphatic hydroxyl groups excluding tert-OH is 1. The average Bonchev–Trinajstić information content (AvgIpc) is 2.17. The Morgan fingerprint density at radius 3 is 2.73 bits per heavy atom. The van der Waals surface area contributed by atoms with Crippen LogP contribution in [-0.2, 0) is 9.53 Å². The highest BCUT2D eigenvalue weighted by atomic mass is 16.6. The molecule has 0 saturated carbocycles. The summed E-state index contributed by atoms with van der Waals surface area (Å²) in [4.78, 5) is 13.4. The summed E-state index contributed by atoms with van der Waals surface area (Å²) in [5.41, 5.74) is 0.562. The van der Waals surface area contributed by atoms with E-state index in [0.717, 1.165) is 0 Å². The Labute approximate surface area is 89.8 Å². The van der Waals surface area contributed by atoms with Crippen molar-refractivity contribution in [2.24, 2.45) is 0 Å². The van der Waals surface area contributed by atoms with Gasteiger partial charge < -0.3 is 14.7 Å². The Balaban J connectivity index is 2.66. The van der Waals surface area contributed by atoms with Crippen LogP contribution >= 0.6 is 0 Å². The minimum atomic E-state index is -1.06. The fourth-order valence-corrected chi connectivity index (χ4v) is 1.26. The van der Waals surface area contributed by atoms with Crippen LogP contribution in [0.15, 0.2) is 24.0 Å². The fraction of sp³-hybridized carbons (Fsp3) is 0.545. The minimum Gasteiger partial charge on any atom is -0.433 e. The zero-order valence-corrected chi connectivity index (χ0v) is 9.30. The third kappa shape index (κ3) is 3.40. The highest BCUT2D eigenvalue weighted by Crippen LogP contribution is 2.16. The summed E-state index contributed by atoms with van der Waals surface area (Å²) in [6, 6.07) is 0.302. The summed E-state index contributed by atoms with van der Waals surface area (Å²) < 4.78 is 4.71. The van der Waals surface area contributed by atoms with Gasteiger partial charge in [0.2, 0.25) is 0 Å². The number of rotatable bonds is 3. The van der Waals surface area contributed by atoms with E-state index >= 15 is 0 Å². The second kappa shape index (κ2) is 4.98. The van der Waals surface area contributed by atoms with Crippen LogP contribution in [0.4, 0.5) is 0 Å². The third-order valence-electron chi connectivity index (χ3n) is 2.06. The lowest BCUT2D eigenvalue weighted by atomic mass is 10.1. The van der Waals surface area contributed by atoms with Crippen LogP contribution in [0.25, 0.3) is 0 Å². The molecule has 15 heavy (non-hydrogen) atoms. The van der Waals surface area contributed by atoms with Crippen molar-refractivity contribution in [2.45, 2.75) is 39.5 Å². The molecule has 0 spiro atoms. The first kappa shape index (κ1) is 11.8. The van der Waals surface area contributed by atoms with Gasteiger partial charge in [-0.3, -0.25) is 0 Å². The van der Waals surface area contributed by atoms with E-state index in [0.29, 0.717) is 18.0 Å². The fourth-order valence-electron chi connectivity index (χ4n) is 1.26. The molecule has 0 bridgehead atoms. The number of carbonyl (C=O) groups excluding carboxylic acids is 1. The van der Waals surface area contributed by atoms with Gasteiger partial charge in [-0.25, -0.2) is 4.79 Å². The largest absolute Gasteiger partial charge is 0.433 e. The van der Waals surface area contributed by atoms with Gasteiger partial charge in [-0.05, 0) is 20.8 Å². The van der Waals surface area contributed by atoms with Crippen molar-refractivity contribution < 1.29 is 14.6 Å². The third-order valence-corrected chi connectivity index (χ3v) is 2.06. The SMILES string of the molecule is CC(O)OC(=O)C1=CN(C(C)C)C=CC1. The Morgan fingerprint density at radius 1 is 1.53 bits per heavy atom. The van der Waals surface area contributed by atoms with Crippen molar-refractivity contribution >= 4 is 5.97 Å². The molecule has 1 heterocycles. The lowest BCUT2D eigenvalue weighted by molar-refractivity contribution is -0.159. The van der Waals surface area contributed by atoms with Gasteiger partial charge in [0.15, 0.2) is 6.29 Å². The van der Waals surface area contributed by atoms with Gasteiger partial charge in [0, 0.05) is 24.9 Å². The van der Waals surface area contributed by atoms with E-state index in [-0.39, 0.29) is 0 Å². The van der Waals surface area contributed by atoms with Crippen molar-refractivity contribution in [3.63, 3.8) is 0 Å². The van der Waals surface area contributed by atoms with Crippen LogP contribution in [-0.4, -0.2) is 28.3 Å². The second-order valence-electron chi connectivity index (χ2n) is 3.79.